The van der Waals surface area contributed by atoms with Gasteiger partial charge < -0.3 is 5.32 Å². The Hall–Kier alpha value is -1.76. The van der Waals surface area contributed by atoms with Crippen LogP contribution in [0, 0.1) is 18.8 Å². The molecule has 0 atom stereocenters. The number of aryl methyl sites for hydroxylation is 1. The largest absolute Gasteiger partial charge is 0.351 e. The molecule has 2 aromatic carbocycles. The van der Waals surface area contributed by atoms with E-state index in [1.165, 1.54) is 18.2 Å². The summed E-state index contributed by atoms with van der Waals surface area (Å²) in [5.41, 5.74) is 1.08. The molecule has 5 nitrogen and oxygen atoms in total. The number of nitrogens with one attached hydrogen (secondary N) is 1. The average molecular weight is 471 g/mol. The van der Waals surface area contributed by atoms with Crippen molar-refractivity contribution in [2.75, 3.05) is 10.8 Å². The number of carbonyl (C=O) groups is 1. The SMILES string of the molecule is Cc1ccc(S(=O)(=O)N(CC(=O)NC(C(C)C)C(C)C)c2cccc(Cl)c2Cl)cc1. The lowest BCUT2D eigenvalue weighted by Gasteiger charge is -2.29. The van der Waals surface area contributed by atoms with Gasteiger partial charge in [-0.05, 0) is 43.0 Å². The zero-order valence-corrected chi connectivity index (χ0v) is 20.1. The predicted molar refractivity (Wildman–Crippen MR) is 124 cm³/mol. The zero-order valence-electron chi connectivity index (χ0n) is 17.8. The summed E-state index contributed by atoms with van der Waals surface area (Å²) in [6, 6.07) is 11.1. The van der Waals surface area contributed by atoms with Gasteiger partial charge in [-0.25, -0.2) is 8.42 Å². The Labute approximate surface area is 189 Å². The lowest BCUT2D eigenvalue weighted by Crippen LogP contribution is -2.48. The summed E-state index contributed by atoms with van der Waals surface area (Å²) in [5, 5.41) is 3.25. The summed E-state index contributed by atoms with van der Waals surface area (Å²) in [6.45, 7) is 9.51. The van der Waals surface area contributed by atoms with E-state index in [4.69, 9.17) is 23.2 Å². The maximum atomic E-state index is 13.4. The lowest BCUT2D eigenvalue weighted by atomic mass is 9.93. The van der Waals surface area contributed by atoms with Gasteiger partial charge in [0.1, 0.15) is 6.54 Å². The first-order chi connectivity index (χ1) is 13.9. The highest BCUT2D eigenvalue weighted by Gasteiger charge is 2.30. The van der Waals surface area contributed by atoms with Crippen LogP contribution < -0.4 is 9.62 Å². The zero-order chi connectivity index (χ0) is 22.6. The standard InChI is InChI=1S/C22H28Cl2N2O3S/c1-14(2)22(15(3)4)25-20(27)13-26(19-8-6-7-18(23)21(19)24)30(28,29)17-11-9-16(5)10-12-17/h6-12,14-15,22H,13H2,1-5H3,(H,25,27). The number of nitrogens with zero attached hydrogens (tertiary/aromatic N) is 1. The quantitative estimate of drug-likeness (QED) is 0.569. The van der Waals surface area contributed by atoms with Crippen LogP contribution in [0.15, 0.2) is 47.4 Å². The molecule has 8 heteroatoms. The van der Waals surface area contributed by atoms with Gasteiger partial charge in [0.25, 0.3) is 10.0 Å². The summed E-state index contributed by atoms with van der Waals surface area (Å²) < 4.78 is 27.9. The van der Waals surface area contributed by atoms with Gasteiger partial charge in [-0.2, -0.15) is 0 Å². The van der Waals surface area contributed by atoms with Crippen LogP contribution in [0.1, 0.15) is 33.3 Å². The number of anilines is 1. The van der Waals surface area contributed by atoms with E-state index >= 15 is 0 Å². The van der Waals surface area contributed by atoms with Crippen LogP contribution in [0.25, 0.3) is 0 Å². The second-order valence-corrected chi connectivity index (χ2v) is 10.6. The molecule has 0 saturated heterocycles. The minimum absolute atomic E-state index is 0.0706. The number of hydrogen-bond donors (Lipinski definition) is 1. The average Bonchev–Trinajstić information content (AvgIpc) is 2.66. The van der Waals surface area contributed by atoms with Gasteiger partial charge in [-0.15, -0.1) is 0 Å². The molecule has 0 saturated carbocycles. The Morgan fingerprint density at radius 1 is 1.00 bits per heavy atom. The summed E-state index contributed by atoms with van der Waals surface area (Å²) in [6.07, 6.45) is 0. The van der Waals surface area contributed by atoms with Crippen molar-refractivity contribution in [1.29, 1.82) is 0 Å². The highest BCUT2D eigenvalue weighted by atomic mass is 35.5. The maximum Gasteiger partial charge on any atom is 0.264 e. The first-order valence-electron chi connectivity index (χ1n) is 9.78. The Morgan fingerprint density at radius 2 is 1.57 bits per heavy atom. The monoisotopic (exact) mass is 470 g/mol. The summed E-state index contributed by atoms with van der Waals surface area (Å²) in [7, 11) is -4.05. The third kappa shape index (κ3) is 5.68. The second-order valence-electron chi connectivity index (χ2n) is 7.98. The van der Waals surface area contributed by atoms with Crippen LogP contribution in [0.5, 0.6) is 0 Å². The number of hydrogen-bond acceptors (Lipinski definition) is 3. The predicted octanol–water partition coefficient (Wildman–Crippen LogP) is 5.29. The van der Waals surface area contributed by atoms with Crippen molar-refractivity contribution in [3.8, 4) is 0 Å². The lowest BCUT2D eigenvalue weighted by molar-refractivity contribution is -0.121. The molecule has 164 valence electrons. The molecule has 30 heavy (non-hydrogen) atoms. The van der Waals surface area contributed by atoms with Crippen molar-refractivity contribution in [2.24, 2.45) is 11.8 Å². The molecule has 0 radical (unpaired) electrons. The smallest absolute Gasteiger partial charge is 0.264 e. The van der Waals surface area contributed by atoms with Gasteiger partial charge >= 0.3 is 0 Å². The number of benzene rings is 2. The van der Waals surface area contributed by atoms with Gasteiger partial charge in [0, 0.05) is 6.04 Å². The van der Waals surface area contributed by atoms with Crippen LogP contribution in [0.3, 0.4) is 0 Å². The summed E-state index contributed by atoms with van der Waals surface area (Å²) in [4.78, 5) is 13.0. The Balaban J connectivity index is 2.48. The molecule has 0 aliphatic heterocycles. The van der Waals surface area contributed by atoms with Crippen molar-refractivity contribution in [3.63, 3.8) is 0 Å². The number of halogens is 2. The molecule has 0 aliphatic carbocycles. The van der Waals surface area contributed by atoms with Crippen molar-refractivity contribution in [2.45, 2.75) is 45.6 Å². The molecule has 0 bridgehead atoms. The Bertz CT molecular complexity index is 982. The first kappa shape index (κ1) is 24.5. The van der Waals surface area contributed by atoms with Crippen LogP contribution in [-0.2, 0) is 14.8 Å². The number of carbonyl (C=O) groups excluding carboxylic acids is 1. The molecule has 0 unspecified atom stereocenters. The van der Waals surface area contributed by atoms with E-state index < -0.39 is 22.5 Å². The van der Waals surface area contributed by atoms with Crippen molar-refractivity contribution in [1.82, 2.24) is 5.32 Å². The number of amides is 1. The van der Waals surface area contributed by atoms with Crippen LogP contribution >= 0.6 is 23.2 Å². The third-order valence-corrected chi connectivity index (χ3v) is 7.44. The van der Waals surface area contributed by atoms with Crippen molar-refractivity contribution < 1.29 is 13.2 Å². The van der Waals surface area contributed by atoms with Gasteiger partial charge in [-0.1, -0.05) is 74.7 Å². The molecule has 0 spiro atoms. The van der Waals surface area contributed by atoms with Gasteiger partial charge in [0.05, 0.1) is 20.6 Å². The van der Waals surface area contributed by atoms with Crippen molar-refractivity contribution in [3.05, 3.63) is 58.1 Å². The van der Waals surface area contributed by atoms with E-state index in [1.54, 1.807) is 24.3 Å². The van der Waals surface area contributed by atoms with E-state index in [0.717, 1.165) is 9.87 Å². The fourth-order valence-corrected chi connectivity index (χ4v) is 5.17. The van der Waals surface area contributed by atoms with Crippen LogP contribution in [0.4, 0.5) is 5.69 Å². The third-order valence-electron chi connectivity index (χ3n) is 4.86. The maximum absolute atomic E-state index is 13.4. The van der Waals surface area contributed by atoms with Crippen LogP contribution in [0.2, 0.25) is 10.0 Å². The van der Waals surface area contributed by atoms with E-state index in [2.05, 4.69) is 5.32 Å². The fourth-order valence-electron chi connectivity index (χ4n) is 3.29. The molecule has 2 rings (SSSR count). The number of rotatable bonds is 8. The molecule has 0 fully saturated rings. The van der Waals surface area contributed by atoms with Crippen molar-refractivity contribution >= 4 is 44.8 Å². The van der Waals surface area contributed by atoms with Gasteiger partial charge in [0.2, 0.25) is 5.91 Å². The normalized spacial score (nSPS) is 11.9. The van der Waals surface area contributed by atoms with Gasteiger partial charge in [0.15, 0.2) is 0 Å². The highest BCUT2D eigenvalue weighted by molar-refractivity contribution is 7.92. The van der Waals surface area contributed by atoms with E-state index in [-0.39, 0.29) is 38.5 Å². The summed E-state index contributed by atoms with van der Waals surface area (Å²) in [5.74, 6) is -0.00847. The topological polar surface area (TPSA) is 66.5 Å². The molecule has 1 amide bonds. The molecular weight excluding hydrogens is 443 g/mol. The molecule has 0 aromatic heterocycles. The van der Waals surface area contributed by atoms with E-state index in [1.807, 2.05) is 34.6 Å². The minimum Gasteiger partial charge on any atom is -0.351 e. The second kappa shape index (κ2) is 10.0. The van der Waals surface area contributed by atoms with E-state index in [0.29, 0.717) is 0 Å². The fraction of sp³-hybridized carbons (Fsp3) is 0.409. The number of sulfonamides is 1. The molecular formula is C22H28Cl2N2O3S. The molecule has 0 heterocycles. The van der Waals surface area contributed by atoms with Crippen LogP contribution in [-0.4, -0.2) is 26.9 Å². The molecule has 2 aromatic rings. The summed E-state index contributed by atoms with van der Waals surface area (Å²) >= 11 is 12.5. The molecule has 1 N–H and O–H groups in total. The van der Waals surface area contributed by atoms with E-state index in [9.17, 15) is 13.2 Å². The van der Waals surface area contributed by atoms with Gasteiger partial charge in [-0.3, -0.25) is 9.10 Å². The molecule has 0 aliphatic rings. The first-order valence-corrected chi connectivity index (χ1v) is 12.0. The Morgan fingerprint density at radius 3 is 2.10 bits per heavy atom. The highest BCUT2D eigenvalue weighted by Crippen LogP contribution is 2.35. The minimum atomic E-state index is -4.05. The Kier molecular flexibility index (Phi) is 8.20.